The minimum Gasteiger partial charge on any atom is -0.392 e. The summed E-state index contributed by atoms with van der Waals surface area (Å²) in [5.74, 6) is 0. The third-order valence-electron chi connectivity index (χ3n) is 2.16. The molecule has 3 nitrogen and oxygen atoms in total. The van der Waals surface area contributed by atoms with Crippen LogP contribution in [0.25, 0.3) is 0 Å². The molecule has 0 unspecified atom stereocenters. The average Bonchev–Trinajstić information content (AvgIpc) is 2.32. The van der Waals surface area contributed by atoms with Gasteiger partial charge in [0.1, 0.15) is 0 Å². The van der Waals surface area contributed by atoms with Crippen LogP contribution < -0.4 is 0 Å². The first-order valence-electron chi connectivity index (χ1n) is 5.05. The van der Waals surface area contributed by atoms with Crippen molar-refractivity contribution in [3.05, 3.63) is 46.7 Å². The molecule has 0 amide bonds. The maximum Gasteiger partial charge on any atom is 0.192 e. The number of hydrogen-bond donors (Lipinski definition) is 1. The van der Waals surface area contributed by atoms with Gasteiger partial charge in [-0.2, -0.15) is 0 Å². The fourth-order valence-corrected chi connectivity index (χ4v) is 2.38. The van der Waals surface area contributed by atoms with Crippen LogP contribution in [0.3, 0.4) is 0 Å². The molecule has 17 heavy (non-hydrogen) atoms. The van der Waals surface area contributed by atoms with E-state index in [2.05, 4.69) is 9.97 Å². The lowest BCUT2D eigenvalue weighted by Crippen LogP contribution is -1.90. The van der Waals surface area contributed by atoms with E-state index in [1.54, 1.807) is 30.6 Å². The molecule has 0 radical (unpaired) electrons. The molecule has 0 aliphatic rings. The quantitative estimate of drug-likeness (QED) is 0.868. The Morgan fingerprint density at radius 1 is 1.29 bits per heavy atom. The molecule has 2 aromatic rings. The largest absolute Gasteiger partial charge is 0.392 e. The summed E-state index contributed by atoms with van der Waals surface area (Å²) in [4.78, 5) is 9.29. The topological polar surface area (TPSA) is 46.0 Å². The van der Waals surface area contributed by atoms with Crippen molar-refractivity contribution in [3.63, 3.8) is 0 Å². The van der Waals surface area contributed by atoms with E-state index in [-0.39, 0.29) is 6.61 Å². The molecule has 0 aliphatic carbocycles. The van der Waals surface area contributed by atoms with E-state index in [0.29, 0.717) is 10.2 Å². The van der Waals surface area contributed by atoms with Crippen molar-refractivity contribution >= 4 is 23.4 Å². The lowest BCUT2D eigenvalue weighted by molar-refractivity contribution is 0.279. The number of aromatic nitrogens is 2. The van der Waals surface area contributed by atoms with Crippen molar-refractivity contribution in [2.75, 3.05) is 0 Å². The van der Waals surface area contributed by atoms with E-state index in [9.17, 15) is 5.11 Å². The van der Waals surface area contributed by atoms with E-state index in [0.717, 1.165) is 16.0 Å². The van der Waals surface area contributed by atoms with Crippen molar-refractivity contribution in [1.29, 1.82) is 0 Å². The Bertz CT molecular complexity index is 516. The van der Waals surface area contributed by atoms with Crippen molar-refractivity contribution < 1.29 is 5.11 Å². The zero-order chi connectivity index (χ0) is 12.3. The van der Waals surface area contributed by atoms with Gasteiger partial charge in [-0.25, -0.2) is 9.97 Å². The normalized spacial score (nSPS) is 10.5. The summed E-state index contributed by atoms with van der Waals surface area (Å²) in [5, 5.41) is 10.5. The summed E-state index contributed by atoms with van der Waals surface area (Å²) in [6.45, 7) is 1.92. The maximum atomic E-state index is 9.23. The average molecular weight is 267 g/mol. The zero-order valence-electron chi connectivity index (χ0n) is 9.22. The number of nitrogens with zero attached hydrogens (tertiary/aromatic N) is 2. The fourth-order valence-electron chi connectivity index (χ4n) is 1.29. The predicted molar refractivity (Wildman–Crippen MR) is 68.3 cm³/mol. The zero-order valence-corrected chi connectivity index (χ0v) is 10.8. The minimum atomic E-state index is -0.0225. The minimum absolute atomic E-state index is 0.0225. The molecule has 0 saturated heterocycles. The first kappa shape index (κ1) is 12.4. The van der Waals surface area contributed by atoms with E-state index in [1.165, 1.54) is 11.8 Å². The number of aliphatic hydroxyl groups is 1. The number of benzene rings is 1. The highest BCUT2D eigenvalue weighted by Crippen LogP contribution is 2.30. The fraction of sp³-hybridized carbons (Fsp3) is 0.167. The van der Waals surface area contributed by atoms with Gasteiger partial charge in [0.25, 0.3) is 0 Å². The van der Waals surface area contributed by atoms with Gasteiger partial charge in [0.15, 0.2) is 5.16 Å². The van der Waals surface area contributed by atoms with Gasteiger partial charge in [0, 0.05) is 22.3 Å². The van der Waals surface area contributed by atoms with Crippen LogP contribution in [0, 0.1) is 6.92 Å². The van der Waals surface area contributed by atoms with Crippen LogP contribution in [0.5, 0.6) is 0 Å². The highest BCUT2D eigenvalue weighted by Gasteiger charge is 2.06. The second-order valence-electron chi connectivity index (χ2n) is 3.56. The second-order valence-corrected chi connectivity index (χ2v) is 5.00. The number of rotatable bonds is 3. The molecule has 0 saturated carbocycles. The molecule has 2 rings (SSSR count). The summed E-state index contributed by atoms with van der Waals surface area (Å²) >= 11 is 7.32. The monoisotopic (exact) mass is 266 g/mol. The van der Waals surface area contributed by atoms with Gasteiger partial charge in [0.05, 0.1) is 6.61 Å². The predicted octanol–water partition coefficient (Wildman–Crippen LogP) is 3.08. The summed E-state index contributed by atoms with van der Waals surface area (Å²) < 4.78 is 0. The summed E-state index contributed by atoms with van der Waals surface area (Å²) in [6.07, 6.45) is 3.52. The molecule has 1 aromatic carbocycles. The molecule has 5 heteroatoms. The van der Waals surface area contributed by atoms with Crippen LogP contribution in [0.15, 0.2) is 40.6 Å². The number of halogens is 1. The van der Waals surface area contributed by atoms with Gasteiger partial charge in [-0.05, 0) is 41.9 Å². The molecular weight excluding hydrogens is 256 g/mol. The molecule has 0 bridgehead atoms. The third kappa shape index (κ3) is 3.19. The smallest absolute Gasteiger partial charge is 0.192 e. The van der Waals surface area contributed by atoms with Gasteiger partial charge in [-0.15, -0.1) is 0 Å². The van der Waals surface area contributed by atoms with Crippen molar-refractivity contribution in [1.82, 2.24) is 9.97 Å². The Labute approximate surface area is 109 Å². The Morgan fingerprint density at radius 2 is 2.00 bits per heavy atom. The van der Waals surface area contributed by atoms with E-state index in [4.69, 9.17) is 11.6 Å². The van der Waals surface area contributed by atoms with Crippen LogP contribution in [0.1, 0.15) is 11.1 Å². The highest BCUT2D eigenvalue weighted by molar-refractivity contribution is 7.99. The number of aryl methyl sites for hydroxylation is 1. The van der Waals surface area contributed by atoms with Crippen LogP contribution >= 0.6 is 23.4 Å². The van der Waals surface area contributed by atoms with Crippen LogP contribution in [-0.4, -0.2) is 15.1 Å². The molecule has 0 fully saturated rings. The maximum absolute atomic E-state index is 9.23. The first-order chi connectivity index (χ1) is 8.19. The molecule has 1 N–H and O–H groups in total. The highest BCUT2D eigenvalue weighted by atomic mass is 35.5. The molecule has 1 heterocycles. The number of aliphatic hydroxyl groups excluding tert-OH is 1. The molecule has 0 spiro atoms. The molecule has 0 aliphatic heterocycles. The van der Waals surface area contributed by atoms with Gasteiger partial charge < -0.3 is 5.11 Å². The Hall–Kier alpha value is -1.10. The van der Waals surface area contributed by atoms with Gasteiger partial charge in [0.2, 0.25) is 0 Å². The van der Waals surface area contributed by atoms with Crippen molar-refractivity contribution in [2.45, 2.75) is 23.6 Å². The number of hydrogen-bond acceptors (Lipinski definition) is 4. The Kier molecular flexibility index (Phi) is 3.99. The summed E-state index contributed by atoms with van der Waals surface area (Å²) in [7, 11) is 0. The molecular formula is C12H11ClN2OS. The second kappa shape index (κ2) is 5.49. The van der Waals surface area contributed by atoms with E-state index < -0.39 is 0 Å². The van der Waals surface area contributed by atoms with E-state index in [1.807, 2.05) is 6.92 Å². The standard InChI is InChI=1S/C12H11ClN2OS/c1-8-5-14-12(15-6-8)17-11-4-10(13)3-2-9(11)7-16/h2-6,16H,7H2,1H3. The van der Waals surface area contributed by atoms with Gasteiger partial charge in [-0.1, -0.05) is 17.7 Å². The summed E-state index contributed by atoms with van der Waals surface area (Å²) in [5.41, 5.74) is 1.84. The Morgan fingerprint density at radius 3 is 2.65 bits per heavy atom. The van der Waals surface area contributed by atoms with Crippen LogP contribution in [0.4, 0.5) is 0 Å². The van der Waals surface area contributed by atoms with Crippen molar-refractivity contribution in [2.24, 2.45) is 0 Å². The van der Waals surface area contributed by atoms with Crippen molar-refractivity contribution in [3.8, 4) is 0 Å². The van der Waals surface area contributed by atoms with E-state index >= 15 is 0 Å². The Balaban J connectivity index is 2.28. The van der Waals surface area contributed by atoms with Gasteiger partial charge in [-0.3, -0.25) is 0 Å². The first-order valence-corrected chi connectivity index (χ1v) is 6.24. The van der Waals surface area contributed by atoms with Crippen LogP contribution in [0.2, 0.25) is 5.02 Å². The molecule has 1 aromatic heterocycles. The molecule has 88 valence electrons. The third-order valence-corrected chi connectivity index (χ3v) is 3.39. The summed E-state index contributed by atoms with van der Waals surface area (Å²) in [6, 6.07) is 5.37. The SMILES string of the molecule is Cc1cnc(Sc2cc(Cl)ccc2CO)nc1. The molecule has 0 atom stereocenters. The van der Waals surface area contributed by atoms with Crippen LogP contribution in [-0.2, 0) is 6.61 Å². The lowest BCUT2D eigenvalue weighted by Gasteiger charge is -2.06. The van der Waals surface area contributed by atoms with Gasteiger partial charge >= 0.3 is 0 Å². The lowest BCUT2D eigenvalue weighted by atomic mass is 10.2.